The Labute approximate surface area is 104 Å². The van der Waals surface area contributed by atoms with Crippen LogP contribution in [-0.4, -0.2) is 39.1 Å². The van der Waals surface area contributed by atoms with Crippen molar-refractivity contribution in [3.63, 3.8) is 0 Å². The summed E-state index contributed by atoms with van der Waals surface area (Å²) in [7, 11) is 0. The largest absolute Gasteiger partial charge is 0.350 e. The molecule has 1 aliphatic rings. The lowest BCUT2D eigenvalue weighted by Crippen LogP contribution is -2.34. The van der Waals surface area contributed by atoms with Gasteiger partial charge in [0.1, 0.15) is 0 Å². The molecule has 2 N–H and O–H groups in total. The first-order valence-corrected chi connectivity index (χ1v) is 5.74. The van der Waals surface area contributed by atoms with E-state index in [1.807, 2.05) is 0 Å². The molecule has 96 valence electrons. The summed E-state index contributed by atoms with van der Waals surface area (Å²) in [6.45, 7) is 0.521. The van der Waals surface area contributed by atoms with Crippen LogP contribution in [0, 0.1) is 0 Å². The lowest BCUT2D eigenvalue weighted by molar-refractivity contribution is -0.138. The van der Waals surface area contributed by atoms with Gasteiger partial charge in [-0.25, -0.2) is 4.98 Å². The van der Waals surface area contributed by atoms with Crippen LogP contribution >= 0.6 is 0 Å². The van der Waals surface area contributed by atoms with Crippen molar-refractivity contribution < 1.29 is 14.4 Å². The second kappa shape index (κ2) is 5.44. The molecule has 1 saturated heterocycles. The zero-order chi connectivity index (χ0) is 13.0. The van der Waals surface area contributed by atoms with E-state index in [0.717, 1.165) is 10.6 Å². The molecule has 0 radical (unpaired) electrons. The second-order valence-corrected chi connectivity index (χ2v) is 4.04. The van der Waals surface area contributed by atoms with E-state index < -0.39 is 0 Å². The Kier molecular flexibility index (Phi) is 3.71. The number of imide groups is 1. The number of aromatic nitrogens is 2. The number of imidazole rings is 1. The van der Waals surface area contributed by atoms with Gasteiger partial charge < -0.3 is 10.3 Å². The van der Waals surface area contributed by atoms with Gasteiger partial charge in [0.15, 0.2) is 0 Å². The van der Waals surface area contributed by atoms with E-state index in [9.17, 15) is 14.4 Å². The first-order valence-electron chi connectivity index (χ1n) is 5.74. The van der Waals surface area contributed by atoms with Gasteiger partial charge in [-0.2, -0.15) is 0 Å². The van der Waals surface area contributed by atoms with Crippen LogP contribution in [0.4, 0.5) is 0 Å². The molecule has 0 unspecified atom stereocenters. The van der Waals surface area contributed by atoms with Gasteiger partial charge in [-0.15, -0.1) is 0 Å². The van der Waals surface area contributed by atoms with Gasteiger partial charge in [-0.3, -0.25) is 19.3 Å². The number of hydrogen-bond acceptors (Lipinski definition) is 4. The molecule has 2 rings (SSSR count). The van der Waals surface area contributed by atoms with Crippen LogP contribution < -0.4 is 5.32 Å². The van der Waals surface area contributed by atoms with Crippen LogP contribution in [0.5, 0.6) is 0 Å². The summed E-state index contributed by atoms with van der Waals surface area (Å²) in [6, 6.07) is 0. The average molecular weight is 250 g/mol. The highest BCUT2D eigenvalue weighted by Gasteiger charge is 2.28. The van der Waals surface area contributed by atoms with Crippen molar-refractivity contribution in [2.75, 3.05) is 6.54 Å². The fourth-order valence-corrected chi connectivity index (χ4v) is 1.75. The number of rotatable bonds is 5. The number of hydrogen-bond donors (Lipinski definition) is 2. The number of nitrogens with one attached hydrogen (secondary N) is 2. The number of carbonyl (C=O) groups is 3. The number of H-pyrrole nitrogens is 1. The van der Waals surface area contributed by atoms with E-state index >= 15 is 0 Å². The van der Waals surface area contributed by atoms with E-state index in [0.29, 0.717) is 6.54 Å². The van der Waals surface area contributed by atoms with Crippen LogP contribution in [0.15, 0.2) is 12.5 Å². The maximum Gasteiger partial charge on any atom is 0.229 e. The van der Waals surface area contributed by atoms with E-state index in [-0.39, 0.29) is 43.5 Å². The molecule has 0 bridgehead atoms. The quantitative estimate of drug-likeness (QED) is 0.693. The zero-order valence-corrected chi connectivity index (χ0v) is 9.81. The number of likely N-dealkylation sites (tertiary alicyclic amines) is 1. The highest BCUT2D eigenvalue weighted by molar-refractivity contribution is 6.02. The Morgan fingerprint density at radius 1 is 1.39 bits per heavy atom. The fraction of sp³-hybridized carbons (Fsp3) is 0.455. The topological polar surface area (TPSA) is 95.2 Å². The minimum atomic E-state index is -0.197. The molecule has 0 spiro atoms. The van der Waals surface area contributed by atoms with Gasteiger partial charge in [-0.1, -0.05) is 0 Å². The van der Waals surface area contributed by atoms with Crippen molar-refractivity contribution in [3.8, 4) is 0 Å². The third-order valence-electron chi connectivity index (χ3n) is 2.75. The van der Waals surface area contributed by atoms with Crippen LogP contribution in [0.3, 0.4) is 0 Å². The van der Waals surface area contributed by atoms with Crippen LogP contribution in [-0.2, 0) is 20.9 Å². The molecule has 1 aromatic rings. The summed E-state index contributed by atoms with van der Waals surface area (Å²) in [6.07, 6.45) is 3.80. The van der Waals surface area contributed by atoms with E-state index in [1.54, 1.807) is 6.20 Å². The number of carbonyl (C=O) groups excluding carboxylic acids is 3. The molecule has 0 saturated carbocycles. The van der Waals surface area contributed by atoms with Crippen molar-refractivity contribution in [1.29, 1.82) is 0 Å². The second-order valence-electron chi connectivity index (χ2n) is 4.04. The van der Waals surface area contributed by atoms with Crippen molar-refractivity contribution in [3.05, 3.63) is 18.2 Å². The molecular formula is C11H14N4O3. The summed E-state index contributed by atoms with van der Waals surface area (Å²) >= 11 is 0. The summed E-state index contributed by atoms with van der Waals surface area (Å²) < 4.78 is 0. The van der Waals surface area contributed by atoms with Gasteiger partial charge in [0.25, 0.3) is 0 Å². The molecule has 2 heterocycles. The van der Waals surface area contributed by atoms with E-state index in [4.69, 9.17) is 0 Å². The summed E-state index contributed by atoms with van der Waals surface area (Å²) in [4.78, 5) is 42.0. The molecule has 0 atom stereocenters. The van der Waals surface area contributed by atoms with E-state index in [2.05, 4.69) is 15.3 Å². The summed E-state index contributed by atoms with van der Waals surface area (Å²) in [5.41, 5.74) is 0.802. The highest BCUT2D eigenvalue weighted by atomic mass is 16.2. The average Bonchev–Trinajstić information content (AvgIpc) is 2.96. The molecule has 0 aromatic carbocycles. The molecule has 1 aromatic heterocycles. The summed E-state index contributed by atoms with van der Waals surface area (Å²) in [5.74, 6) is -0.583. The van der Waals surface area contributed by atoms with Crippen molar-refractivity contribution >= 4 is 17.7 Å². The third kappa shape index (κ3) is 2.93. The zero-order valence-electron chi connectivity index (χ0n) is 9.81. The predicted molar refractivity (Wildman–Crippen MR) is 61.0 cm³/mol. The van der Waals surface area contributed by atoms with Crippen LogP contribution in [0.2, 0.25) is 0 Å². The SMILES string of the molecule is O=C(CCN1C(=O)CCC1=O)NCc1cnc[nH]1. The third-order valence-corrected chi connectivity index (χ3v) is 2.75. The normalized spacial score (nSPS) is 15.2. The Morgan fingerprint density at radius 3 is 2.72 bits per heavy atom. The van der Waals surface area contributed by atoms with Crippen LogP contribution in [0.25, 0.3) is 0 Å². The van der Waals surface area contributed by atoms with Crippen molar-refractivity contribution in [2.45, 2.75) is 25.8 Å². The monoisotopic (exact) mass is 250 g/mol. The van der Waals surface area contributed by atoms with Gasteiger partial charge >= 0.3 is 0 Å². The van der Waals surface area contributed by atoms with Gasteiger partial charge in [0.2, 0.25) is 17.7 Å². The molecule has 1 aliphatic heterocycles. The Hall–Kier alpha value is -2.18. The van der Waals surface area contributed by atoms with Gasteiger partial charge in [-0.05, 0) is 0 Å². The number of amides is 3. The molecule has 7 nitrogen and oxygen atoms in total. The summed E-state index contributed by atoms with van der Waals surface area (Å²) in [5, 5.41) is 2.68. The Bertz CT molecular complexity index is 439. The number of aromatic amines is 1. The fourth-order valence-electron chi connectivity index (χ4n) is 1.75. The van der Waals surface area contributed by atoms with Crippen molar-refractivity contribution in [1.82, 2.24) is 20.2 Å². The minimum absolute atomic E-state index is 0.131. The standard InChI is InChI=1S/C11H14N4O3/c16-9(13-6-8-5-12-7-14-8)3-4-15-10(17)1-2-11(15)18/h5,7H,1-4,6H2,(H,12,14)(H,13,16). The van der Waals surface area contributed by atoms with E-state index in [1.165, 1.54) is 6.33 Å². The predicted octanol–water partition coefficient (Wildman–Crippen LogP) is -0.435. The first kappa shape index (κ1) is 12.3. The Balaban J connectivity index is 1.71. The van der Waals surface area contributed by atoms with Crippen LogP contribution in [0.1, 0.15) is 25.0 Å². The maximum atomic E-state index is 11.5. The smallest absolute Gasteiger partial charge is 0.229 e. The lowest BCUT2D eigenvalue weighted by Gasteiger charge is -2.12. The highest BCUT2D eigenvalue weighted by Crippen LogP contribution is 2.11. The minimum Gasteiger partial charge on any atom is -0.350 e. The van der Waals surface area contributed by atoms with Gasteiger partial charge in [0.05, 0.1) is 18.6 Å². The number of nitrogens with zero attached hydrogens (tertiary/aromatic N) is 2. The Morgan fingerprint density at radius 2 is 2.11 bits per heavy atom. The molecule has 3 amide bonds. The first-order chi connectivity index (χ1) is 8.66. The van der Waals surface area contributed by atoms with Crippen molar-refractivity contribution in [2.24, 2.45) is 0 Å². The molecule has 18 heavy (non-hydrogen) atoms. The molecular weight excluding hydrogens is 236 g/mol. The lowest BCUT2D eigenvalue weighted by atomic mass is 10.3. The molecule has 1 fully saturated rings. The molecule has 7 heteroatoms. The van der Waals surface area contributed by atoms with Gasteiger partial charge in [0, 0.05) is 32.0 Å². The maximum absolute atomic E-state index is 11.5. The molecule has 0 aliphatic carbocycles.